The van der Waals surface area contributed by atoms with Crippen LogP contribution in [-0.4, -0.2) is 24.1 Å². The molecule has 0 radical (unpaired) electrons. The number of hydrogen-bond donors (Lipinski definition) is 0. The minimum absolute atomic E-state index is 0.597. The zero-order chi connectivity index (χ0) is 41.9. The van der Waals surface area contributed by atoms with E-state index in [1.54, 1.807) is 0 Å². The van der Waals surface area contributed by atoms with Crippen molar-refractivity contribution >= 4 is 43.6 Å². The van der Waals surface area contributed by atoms with Crippen molar-refractivity contribution < 1.29 is 0 Å². The van der Waals surface area contributed by atoms with E-state index in [0.29, 0.717) is 17.5 Å². The molecule has 0 saturated carbocycles. The van der Waals surface area contributed by atoms with Crippen LogP contribution in [0.1, 0.15) is 5.56 Å². The van der Waals surface area contributed by atoms with E-state index in [4.69, 9.17) is 15.0 Å². The van der Waals surface area contributed by atoms with Gasteiger partial charge in [0.1, 0.15) is 0 Å². The van der Waals surface area contributed by atoms with Gasteiger partial charge in [0.2, 0.25) is 0 Å². The van der Waals surface area contributed by atoms with Crippen molar-refractivity contribution in [2.24, 2.45) is 0 Å². The van der Waals surface area contributed by atoms with Crippen molar-refractivity contribution in [2.45, 2.75) is 6.92 Å². The molecule has 0 bridgehead atoms. The van der Waals surface area contributed by atoms with Gasteiger partial charge < -0.3 is 9.13 Å². The van der Waals surface area contributed by atoms with Crippen LogP contribution in [-0.2, 0) is 0 Å². The number of benzene rings is 9. The van der Waals surface area contributed by atoms with Gasteiger partial charge in [0, 0.05) is 43.9 Å². The third kappa shape index (κ3) is 6.29. The van der Waals surface area contributed by atoms with E-state index < -0.39 is 0 Å². The van der Waals surface area contributed by atoms with Crippen LogP contribution in [0.15, 0.2) is 218 Å². The minimum Gasteiger partial charge on any atom is -0.309 e. The summed E-state index contributed by atoms with van der Waals surface area (Å²) in [7, 11) is 0. The Morgan fingerprint density at radius 3 is 1.35 bits per heavy atom. The third-order valence-corrected chi connectivity index (χ3v) is 12.2. The maximum Gasteiger partial charge on any atom is 0.166 e. The molecule has 0 saturated heterocycles. The summed E-state index contributed by atoms with van der Waals surface area (Å²) in [6.45, 7) is 2.15. The molecule has 0 atom stereocenters. The molecule has 9 aromatic carbocycles. The molecule has 0 N–H and O–H groups in total. The van der Waals surface area contributed by atoms with Gasteiger partial charge in [0.25, 0.3) is 0 Å². The van der Waals surface area contributed by atoms with E-state index in [-0.39, 0.29) is 0 Å². The molecule has 3 heterocycles. The molecule has 296 valence electrons. The molecule has 5 heteroatoms. The largest absolute Gasteiger partial charge is 0.309 e. The highest BCUT2D eigenvalue weighted by atomic mass is 15.1. The molecule has 0 spiro atoms. The Kier molecular flexibility index (Phi) is 8.64. The minimum atomic E-state index is 0.597. The van der Waals surface area contributed by atoms with Crippen molar-refractivity contribution in [3.8, 4) is 67.8 Å². The van der Waals surface area contributed by atoms with Gasteiger partial charge >= 0.3 is 0 Å². The molecule has 0 unspecified atom stereocenters. The Labute approximate surface area is 364 Å². The van der Waals surface area contributed by atoms with Gasteiger partial charge in [-0.2, -0.15) is 0 Å². The summed E-state index contributed by atoms with van der Waals surface area (Å²) in [4.78, 5) is 15.8. The highest BCUT2D eigenvalue weighted by Crippen LogP contribution is 2.41. The van der Waals surface area contributed by atoms with Crippen LogP contribution in [0.4, 0.5) is 0 Å². The van der Waals surface area contributed by atoms with Gasteiger partial charge in [-0.3, -0.25) is 0 Å². The van der Waals surface area contributed by atoms with E-state index in [9.17, 15) is 0 Å². The van der Waals surface area contributed by atoms with Crippen LogP contribution in [0.25, 0.3) is 111 Å². The number of aromatic nitrogens is 5. The van der Waals surface area contributed by atoms with Crippen molar-refractivity contribution in [3.63, 3.8) is 0 Å². The number of para-hydroxylation sites is 3. The molecular weight excluding hydrogens is 767 g/mol. The lowest BCUT2D eigenvalue weighted by atomic mass is 9.99. The van der Waals surface area contributed by atoms with Gasteiger partial charge in [-0.1, -0.05) is 175 Å². The van der Waals surface area contributed by atoms with Crippen LogP contribution >= 0.6 is 0 Å². The van der Waals surface area contributed by atoms with Gasteiger partial charge in [-0.15, -0.1) is 0 Å². The summed E-state index contributed by atoms with van der Waals surface area (Å²) in [6.07, 6.45) is 0. The predicted molar refractivity (Wildman–Crippen MR) is 260 cm³/mol. The first-order valence-corrected chi connectivity index (χ1v) is 21.4. The molecule has 5 nitrogen and oxygen atoms in total. The third-order valence-electron chi connectivity index (χ3n) is 12.2. The van der Waals surface area contributed by atoms with Crippen molar-refractivity contribution in [3.05, 3.63) is 224 Å². The Morgan fingerprint density at radius 2 is 0.746 bits per heavy atom. The molecule has 3 aromatic heterocycles. The van der Waals surface area contributed by atoms with E-state index in [1.165, 1.54) is 38.2 Å². The fourth-order valence-electron chi connectivity index (χ4n) is 9.26. The van der Waals surface area contributed by atoms with Crippen molar-refractivity contribution in [1.29, 1.82) is 0 Å². The normalized spacial score (nSPS) is 11.6. The fourth-order valence-corrected chi connectivity index (χ4v) is 9.26. The SMILES string of the molecule is Cc1cccc(-c2ccc3c4ccccc4n(-c4ccc(-c5ccc6c7ccccc7n(-c7ccccc7)c6c5)cc4-c4nc(-c5ccccc5)nc(-c5ccccc5)n4)c3c2)c1. The Bertz CT molecular complexity index is 3620. The topological polar surface area (TPSA) is 48.5 Å². The van der Waals surface area contributed by atoms with Crippen LogP contribution in [0.5, 0.6) is 0 Å². The molecule has 0 fully saturated rings. The number of hydrogen-bond acceptors (Lipinski definition) is 3. The molecule has 0 aliphatic heterocycles. The second kappa shape index (κ2) is 14.9. The number of aryl methyl sites for hydroxylation is 1. The zero-order valence-corrected chi connectivity index (χ0v) is 34.5. The summed E-state index contributed by atoms with van der Waals surface area (Å²) in [6, 6.07) is 77.6. The summed E-state index contributed by atoms with van der Waals surface area (Å²) in [5, 5.41) is 4.80. The Balaban J connectivity index is 1.15. The van der Waals surface area contributed by atoms with Crippen LogP contribution in [0.2, 0.25) is 0 Å². The summed E-state index contributed by atoms with van der Waals surface area (Å²) < 4.78 is 4.77. The van der Waals surface area contributed by atoms with Gasteiger partial charge in [-0.05, 0) is 77.7 Å². The maximum atomic E-state index is 5.33. The average molecular weight is 806 g/mol. The lowest BCUT2D eigenvalue weighted by Gasteiger charge is -2.17. The van der Waals surface area contributed by atoms with Crippen LogP contribution in [0.3, 0.4) is 0 Å². The smallest absolute Gasteiger partial charge is 0.166 e. The summed E-state index contributed by atoms with van der Waals surface area (Å²) >= 11 is 0. The van der Waals surface area contributed by atoms with Gasteiger partial charge in [0.15, 0.2) is 17.5 Å². The van der Waals surface area contributed by atoms with Gasteiger partial charge in [-0.25, -0.2) is 15.0 Å². The summed E-state index contributed by atoms with van der Waals surface area (Å²) in [5.74, 6) is 1.84. The standard InChI is InChI=1S/C58H39N5/c1-38-16-15-21-41(34-38)43-28-32-49-47-25-12-14-27-52(47)63(55(49)37-43)53-33-30-42(44-29-31-48-46-24-11-13-26-51(46)62(54(48)36-44)45-22-9-4-10-23-45)35-50(53)58-60-56(39-17-5-2-6-18-39)59-57(61-58)40-19-7-3-8-20-40/h2-37H,1H3. The van der Waals surface area contributed by atoms with Gasteiger partial charge in [0.05, 0.1) is 27.8 Å². The number of nitrogens with zero attached hydrogens (tertiary/aromatic N) is 5. The molecule has 63 heavy (non-hydrogen) atoms. The highest BCUT2D eigenvalue weighted by molar-refractivity contribution is 6.12. The summed E-state index contributed by atoms with van der Waals surface area (Å²) in [5.41, 5.74) is 15.1. The monoisotopic (exact) mass is 805 g/mol. The second-order valence-electron chi connectivity index (χ2n) is 16.1. The highest BCUT2D eigenvalue weighted by Gasteiger charge is 2.22. The first-order chi connectivity index (χ1) is 31.1. The molecule has 12 aromatic rings. The molecule has 0 amide bonds. The maximum absolute atomic E-state index is 5.33. The number of fused-ring (bicyclic) bond motifs is 6. The molecular formula is C58H39N5. The lowest BCUT2D eigenvalue weighted by Crippen LogP contribution is -2.04. The molecule has 12 rings (SSSR count). The van der Waals surface area contributed by atoms with E-state index in [0.717, 1.165) is 61.3 Å². The van der Waals surface area contributed by atoms with Crippen LogP contribution in [0, 0.1) is 6.92 Å². The van der Waals surface area contributed by atoms with E-state index >= 15 is 0 Å². The average Bonchev–Trinajstić information content (AvgIpc) is 3.86. The quantitative estimate of drug-likeness (QED) is 0.161. The molecule has 0 aliphatic carbocycles. The zero-order valence-electron chi connectivity index (χ0n) is 34.5. The van der Waals surface area contributed by atoms with Crippen molar-refractivity contribution in [1.82, 2.24) is 24.1 Å². The van der Waals surface area contributed by atoms with E-state index in [1.807, 2.05) is 36.4 Å². The fraction of sp³-hybridized carbons (Fsp3) is 0.0172. The van der Waals surface area contributed by atoms with E-state index in [2.05, 4.69) is 198 Å². The predicted octanol–water partition coefficient (Wildman–Crippen LogP) is 14.7. The van der Waals surface area contributed by atoms with Crippen molar-refractivity contribution in [2.75, 3.05) is 0 Å². The lowest BCUT2D eigenvalue weighted by molar-refractivity contribution is 1.06. The Hall–Kier alpha value is -8.41. The first-order valence-electron chi connectivity index (χ1n) is 21.4. The molecule has 0 aliphatic rings. The number of rotatable bonds is 7. The van der Waals surface area contributed by atoms with Crippen LogP contribution < -0.4 is 0 Å². The first kappa shape index (κ1) is 36.4. The second-order valence-corrected chi connectivity index (χ2v) is 16.1. The Morgan fingerprint density at radius 1 is 0.302 bits per heavy atom.